The fourth-order valence-electron chi connectivity index (χ4n) is 7.84. The van der Waals surface area contributed by atoms with Crippen LogP contribution < -0.4 is 25.4 Å². The smallest absolute Gasteiger partial charge is 0.437 e. The fourth-order valence-corrected chi connectivity index (χ4v) is 8.16. The molecule has 2 saturated heterocycles. The van der Waals surface area contributed by atoms with E-state index in [2.05, 4.69) is 25.9 Å². The maximum Gasteiger partial charge on any atom is 0.437 e. The van der Waals surface area contributed by atoms with Crippen LogP contribution in [0.25, 0.3) is 22.4 Å². The van der Waals surface area contributed by atoms with Gasteiger partial charge < -0.3 is 30.3 Å². The molecule has 16 heteroatoms. The second-order valence-electron chi connectivity index (χ2n) is 14.2. The standard InChI is InChI=1S/C39H43ClF3N7O5/c1-54-36-21(17-44-18-23-10-14-32(51)45-23)9-12-30(48-36)28-8-4-7-27(33(28)40)24-5-3-6-26-25(24)11-13-29(26)47-35-34(39(41,42)43)46-31(37(49-35)55-2)20-50-16-15-22(19-50)38(52)53/h3-9,12,22-23,29,32,44-45,51H,10-11,13-20H2,1-2H3,(H,47,49)(H,52,53)/t22-,23+,29+,32?/m1/s1. The Bertz CT molecular complexity index is 2050. The van der Waals surface area contributed by atoms with Gasteiger partial charge in [0.2, 0.25) is 11.8 Å². The van der Waals surface area contributed by atoms with Gasteiger partial charge in [0.25, 0.3) is 0 Å². The zero-order chi connectivity index (χ0) is 38.9. The lowest BCUT2D eigenvalue weighted by atomic mass is 9.94. The Hall–Kier alpha value is -4.54. The van der Waals surface area contributed by atoms with Crippen LogP contribution in [0, 0.1) is 5.92 Å². The van der Waals surface area contributed by atoms with E-state index in [9.17, 15) is 28.2 Å². The molecule has 0 radical (unpaired) electrons. The molecule has 7 rings (SSSR count). The van der Waals surface area contributed by atoms with E-state index < -0.39 is 41.8 Å². The van der Waals surface area contributed by atoms with Crippen LogP contribution in [-0.4, -0.2) is 82.2 Å². The number of nitrogens with one attached hydrogen (secondary N) is 3. The number of aliphatic hydroxyl groups excluding tert-OH is 1. The predicted molar refractivity (Wildman–Crippen MR) is 200 cm³/mol. The Labute approximate surface area is 321 Å². The van der Waals surface area contributed by atoms with Crippen molar-refractivity contribution in [3.63, 3.8) is 0 Å². The van der Waals surface area contributed by atoms with Crippen LogP contribution in [0.4, 0.5) is 19.0 Å². The molecule has 5 N–H and O–H groups in total. The Morgan fingerprint density at radius 2 is 1.75 bits per heavy atom. The molecule has 0 spiro atoms. The number of alkyl halides is 3. The summed E-state index contributed by atoms with van der Waals surface area (Å²) in [6.07, 6.45) is -2.16. The molecule has 1 unspecified atom stereocenters. The number of benzene rings is 2. The summed E-state index contributed by atoms with van der Waals surface area (Å²) in [4.78, 5) is 26.2. The number of rotatable bonds is 13. The van der Waals surface area contributed by atoms with Crippen molar-refractivity contribution in [1.82, 2.24) is 30.5 Å². The number of aliphatic carboxylic acids is 1. The van der Waals surface area contributed by atoms with E-state index in [1.807, 2.05) is 48.5 Å². The van der Waals surface area contributed by atoms with Crippen molar-refractivity contribution in [3.8, 4) is 34.1 Å². The number of hydrogen-bond acceptors (Lipinski definition) is 11. The van der Waals surface area contributed by atoms with Crippen molar-refractivity contribution < 1.29 is 37.7 Å². The van der Waals surface area contributed by atoms with Gasteiger partial charge in [-0.3, -0.25) is 15.0 Å². The fraction of sp³-hybridized carbons (Fsp3) is 0.436. The first-order chi connectivity index (χ1) is 26.4. The number of anilines is 1. The second kappa shape index (κ2) is 16.3. The molecule has 2 aliphatic heterocycles. The van der Waals surface area contributed by atoms with Gasteiger partial charge in [-0.15, -0.1) is 0 Å². The van der Waals surface area contributed by atoms with Gasteiger partial charge in [0.05, 0.1) is 36.9 Å². The third kappa shape index (κ3) is 8.36. The van der Waals surface area contributed by atoms with Gasteiger partial charge in [-0.2, -0.15) is 18.2 Å². The number of carboxylic acids is 1. The third-order valence-electron chi connectivity index (χ3n) is 10.6. The summed E-state index contributed by atoms with van der Waals surface area (Å²) < 4.78 is 54.6. The van der Waals surface area contributed by atoms with Crippen molar-refractivity contribution in [1.29, 1.82) is 0 Å². The highest BCUT2D eigenvalue weighted by atomic mass is 35.5. The van der Waals surface area contributed by atoms with Gasteiger partial charge in [-0.1, -0.05) is 54.1 Å². The van der Waals surface area contributed by atoms with Crippen LogP contribution in [-0.2, 0) is 30.5 Å². The minimum Gasteiger partial charge on any atom is -0.481 e. The van der Waals surface area contributed by atoms with Gasteiger partial charge in [0.15, 0.2) is 11.5 Å². The minimum absolute atomic E-state index is 0.00754. The number of aliphatic hydroxyl groups is 1. The Balaban J connectivity index is 1.12. The van der Waals surface area contributed by atoms with Crippen LogP contribution in [0.2, 0.25) is 5.02 Å². The van der Waals surface area contributed by atoms with Crippen LogP contribution in [0.15, 0.2) is 48.5 Å². The van der Waals surface area contributed by atoms with Crippen molar-refractivity contribution in [2.24, 2.45) is 5.92 Å². The molecule has 3 aliphatic rings. The summed E-state index contributed by atoms with van der Waals surface area (Å²) in [6, 6.07) is 15.0. The molecule has 12 nitrogen and oxygen atoms in total. The first kappa shape index (κ1) is 38.7. The summed E-state index contributed by atoms with van der Waals surface area (Å²) in [6.45, 7) is 1.83. The topological polar surface area (TPSA) is 154 Å². The summed E-state index contributed by atoms with van der Waals surface area (Å²) in [5.41, 5.74) is 4.46. The molecule has 2 aromatic carbocycles. The van der Waals surface area contributed by atoms with Crippen LogP contribution in [0.3, 0.4) is 0 Å². The second-order valence-corrected chi connectivity index (χ2v) is 14.5. The van der Waals surface area contributed by atoms with E-state index in [4.69, 9.17) is 26.1 Å². The average Bonchev–Trinajstić information content (AvgIpc) is 3.92. The molecule has 292 valence electrons. The van der Waals surface area contributed by atoms with Gasteiger partial charge in [0, 0.05) is 48.9 Å². The number of fused-ring (bicyclic) bond motifs is 1. The van der Waals surface area contributed by atoms with Gasteiger partial charge in [-0.25, -0.2) is 9.97 Å². The lowest BCUT2D eigenvalue weighted by Crippen LogP contribution is -2.37. The van der Waals surface area contributed by atoms with E-state index in [1.54, 1.807) is 12.0 Å². The van der Waals surface area contributed by atoms with Gasteiger partial charge in [0.1, 0.15) is 11.9 Å². The average molecular weight is 782 g/mol. The number of hydrogen-bond donors (Lipinski definition) is 5. The Morgan fingerprint density at radius 1 is 0.982 bits per heavy atom. The number of carboxylic acid groups (broad SMARTS) is 1. The van der Waals surface area contributed by atoms with Crippen LogP contribution in [0.1, 0.15) is 59.8 Å². The van der Waals surface area contributed by atoms with E-state index in [0.29, 0.717) is 61.1 Å². The Kier molecular flexibility index (Phi) is 11.5. The number of pyridine rings is 1. The normalized spacial score (nSPS) is 21.1. The van der Waals surface area contributed by atoms with Crippen molar-refractivity contribution in [2.45, 2.75) is 69.7 Å². The van der Waals surface area contributed by atoms with E-state index in [-0.39, 0.29) is 30.7 Å². The molecule has 0 amide bonds. The summed E-state index contributed by atoms with van der Waals surface area (Å²) >= 11 is 7.13. The quantitative estimate of drug-likeness (QED) is 0.107. The number of carbonyl (C=O) groups is 1. The number of aromatic nitrogens is 3. The van der Waals surface area contributed by atoms with E-state index >= 15 is 0 Å². The van der Waals surface area contributed by atoms with Crippen molar-refractivity contribution >= 4 is 23.4 Å². The zero-order valence-electron chi connectivity index (χ0n) is 30.4. The number of methoxy groups -OCH3 is 2. The Morgan fingerprint density at radius 3 is 2.45 bits per heavy atom. The molecule has 0 saturated carbocycles. The molecule has 4 atom stereocenters. The van der Waals surface area contributed by atoms with E-state index in [1.165, 1.54) is 7.11 Å². The zero-order valence-corrected chi connectivity index (χ0v) is 31.2. The predicted octanol–water partition coefficient (Wildman–Crippen LogP) is 6.06. The molecule has 4 aromatic rings. The van der Waals surface area contributed by atoms with Crippen molar-refractivity contribution in [3.05, 3.63) is 81.6 Å². The van der Waals surface area contributed by atoms with Crippen LogP contribution >= 0.6 is 11.6 Å². The summed E-state index contributed by atoms with van der Waals surface area (Å²) in [5, 5.41) is 29.2. The number of halogens is 4. The lowest BCUT2D eigenvalue weighted by molar-refractivity contribution is -0.141. The highest BCUT2D eigenvalue weighted by Gasteiger charge is 2.40. The highest BCUT2D eigenvalue weighted by molar-refractivity contribution is 6.36. The monoisotopic (exact) mass is 781 g/mol. The minimum atomic E-state index is -4.81. The lowest BCUT2D eigenvalue weighted by Gasteiger charge is -2.22. The molecule has 4 heterocycles. The number of nitrogens with zero attached hydrogens (tertiary/aromatic N) is 4. The SMILES string of the molecule is COc1nc(-c2cccc(-c3cccc4c3CC[C@@H]4Nc3nc(OC)c(CN4CC[C@@H](C(=O)O)C4)nc3C(F)(F)F)c2Cl)ccc1CNC[C@@H]1CCC(O)N1. The summed E-state index contributed by atoms with van der Waals surface area (Å²) in [7, 11) is 2.89. The molecule has 1 aliphatic carbocycles. The maximum absolute atomic E-state index is 14.5. The van der Waals surface area contributed by atoms with E-state index in [0.717, 1.165) is 40.7 Å². The van der Waals surface area contributed by atoms with Gasteiger partial charge in [-0.05, 0) is 61.4 Å². The highest BCUT2D eigenvalue weighted by Crippen LogP contribution is 2.45. The molecular weight excluding hydrogens is 739 g/mol. The van der Waals surface area contributed by atoms with Crippen molar-refractivity contribution in [2.75, 3.05) is 39.2 Å². The van der Waals surface area contributed by atoms with Gasteiger partial charge >= 0.3 is 12.1 Å². The van der Waals surface area contributed by atoms with Crippen LogP contribution in [0.5, 0.6) is 11.8 Å². The summed E-state index contributed by atoms with van der Waals surface area (Å²) in [5.74, 6) is -1.55. The maximum atomic E-state index is 14.5. The molecule has 2 aromatic heterocycles. The molecule has 0 bridgehead atoms. The molecule has 2 fully saturated rings. The molecular formula is C39H43ClF3N7O5. The number of likely N-dealkylation sites (tertiary alicyclic amines) is 1. The number of ether oxygens (including phenoxy) is 2. The largest absolute Gasteiger partial charge is 0.481 e. The first-order valence-corrected chi connectivity index (χ1v) is 18.6. The first-order valence-electron chi connectivity index (χ1n) is 18.3. The molecule has 55 heavy (non-hydrogen) atoms. The third-order valence-corrected chi connectivity index (χ3v) is 11.0.